The molecule has 9 heteroatoms. The molecule has 1 radical (unpaired) electrons. The molecule has 0 fully saturated rings. The first kappa shape index (κ1) is 56.4. The van der Waals surface area contributed by atoms with Crippen LogP contribution in [-0.2, 0) is 16.8 Å². The van der Waals surface area contributed by atoms with E-state index in [1.165, 1.54) is 77.0 Å². The summed E-state index contributed by atoms with van der Waals surface area (Å²) >= 11 is 0. The van der Waals surface area contributed by atoms with Crippen molar-refractivity contribution in [2.75, 3.05) is 26.4 Å². The molecule has 9 rings (SSSR count). The van der Waals surface area contributed by atoms with Gasteiger partial charge in [-0.3, -0.25) is 0 Å². The summed E-state index contributed by atoms with van der Waals surface area (Å²) in [4.78, 5) is 22.1. The third kappa shape index (κ3) is 14.8. The summed E-state index contributed by atoms with van der Waals surface area (Å²) in [6.07, 6.45) is 26.9. The molecule has 8 nitrogen and oxygen atoms in total. The summed E-state index contributed by atoms with van der Waals surface area (Å²) in [7, 11) is 0. The van der Waals surface area contributed by atoms with Crippen LogP contribution in [0.15, 0.2) is 121 Å². The van der Waals surface area contributed by atoms with Crippen LogP contribution in [-0.4, -0.2) is 36.4 Å². The van der Waals surface area contributed by atoms with Crippen LogP contribution in [0, 0.1) is 0 Å². The van der Waals surface area contributed by atoms with Crippen LogP contribution in [0.3, 0.4) is 0 Å². The van der Waals surface area contributed by atoms with Crippen molar-refractivity contribution in [1.82, 2.24) is 19.9 Å². The van der Waals surface area contributed by atoms with E-state index in [4.69, 9.17) is 38.9 Å². The largest absolute Gasteiger partial charge is 2.00 e. The summed E-state index contributed by atoms with van der Waals surface area (Å²) in [6.45, 7) is 11.7. The van der Waals surface area contributed by atoms with Gasteiger partial charge in [-0.15, -0.1) is 22.1 Å². The summed E-state index contributed by atoms with van der Waals surface area (Å²) in [5, 5.41) is 0. The molecule has 401 valence electrons. The fraction of sp³-hybridized carbons (Fsp3) is 0.353. The summed E-state index contributed by atoms with van der Waals surface area (Å²) in [5.41, 5.74) is 14.2. The minimum atomic E-state index is 0. The van der Waals surface area contributed by atoms with E-state index in [0.29, 0.717) is 26.4 Å². The monoisotopic (exact) mass is 1070 g/mol. The van der Waals surface area contributed by atoms with E-state index in [1.54, 1.807) is 0 Å². The molecule has 8 bridgehead atoms. The van der Waals surface area contributed by atoms with Crippen molar-refractivity contribution in [2.45, 2.75) is 130 Å². The summed E-state index contributed by atoms with van der Waals surface area (Å²) in [6, 6.07) is 42.1. The maximum Gasteiger partial charge on any atom is 2.00 e. The van der Waals surface area contributed by atoms with Gasteiger partial charge in [-0.25, -0.2) is 9.97 Å². The van der Waals surface area contributed by atoms with Crippen molar-refractivity contribution in [2.24, 2.45) is 0 Å². The average molecular weight is 1070 g/mol. The second-order valence-electron chi connectivity index (χ2n) is 20.1. The van der Waals surface area contributed by atoms with Gasteiger partial charge in [0, 0.05) is 0 Å². The maximum absolute atomic E-state index is 6.24. The Morgan fingerprint density at radius 2 is 0.506 bits per heavy atom. The molecule has 2 aliphatic rings. The Morgan fingerprint density at radius 3 is 0.714 bits per heavy atom. The van der Waals surface area contributed by atoms with E-state index in [2.05, 4.69) is 173 Å². The van der Waals surface area contributed by atoms with Crippen LogP contribution >= 0.6 is 0 Å². The zero-order chi connectivity index (χ0) is 52.3. The fourth-order valence-corrected chi connectivity index (χ4v) is 10.0. The topological polar surface area (TPSA) is 90.9 Å². The Balaban J connectivity index is 0.00000784. The number of nitrogens with zero attached hydrogens (tertiary/aromatic N) is 4. The van der Waals surface area contributed by atoms with Crippen LogP contribution in [0.1, 0.15) is 153 Å². The Morgan fingerprint density at radius 1 is 0.286 bits per heavy atom. The van der Waals surface area contributed by atoms with Crippen molar-refractivity contribution < 1.29 is 35.7 Å². The van der Waals surface area contributed by atoms with Crippen molar-refractivity contribution in [3.63, 3.8) is 0 Å². The van der Waals surface area contributed by atoms with Gasteiger partial charge in [-0.1, -0.05) is 178 Å². The second kappa shape index (κ2) is 29.1. The number of benzene rings is 4. The molecule has 2 aliphatic heterocycles. The molecule has 0 spiro atoms. The van der Waals surface area contributed by atoms with E-state index >= 15 is 0 Å². The van der Waals surface area contributed by atoms with Gasteiger partial charge < -0.3 is 28.9 Å². The van der Waals surface area contributed by atoms with Gasteiger partial charge in [0.05, 0.1) is 49.2 Å². The second-order valence-corrected chi connectivity index (χ2v) is 20.1. The van der Waals surface area contributed by atoms with Crippen LogP contribution < -0.4 is 28.9 Å². The molecule has 3 aromatic heterocycles. The number of hydrogen-bond acceptors (Lipinski definition) is 6. The Bertz CT molecular complexity index is 2770. The van der Waals surface area contributed by atoms with Gasteiger partial charge in [-0.05, 0) is 143 Å². The first-order valence-corrected chi connectivity index (χ1v) is 28.5. The van der Waals surface area contributed by atoms with Crippen LogP contribution in [0.5, 0.6) is 23.0 Å². The molecule has 77 heavy (non-hydrogen) atoms. The van der Waals surface area contributed by atoms with Gasteiger partial charge >= 0.3 is 16.8 Å². The van der Waals surface area contributed by atoms with Gasteiger partial charge in [0.2, 0.25) is 0 Å². The molecule has 0 aliphatic carbocycles. The zero-order valence-corrected chi connectivity index (χ0v) is 46.8. The molecular formula is C68H76CoN4O4. The number of hydrogen-bond donors (Lipinski definition) is 0. The predicted octanol–water partition coefficient (Wildman–Crippen LogP) is 18.4. The van der Waals surface area contributed by atoms with Crippen LogP contribution in [0.25, 0.3) is 90.9 Å². The van der Waals surface area contributed by atoms with Crippen molar-refractivity contribution >= 4 is 46.4 Å². The van der Waals surface area contributed by atoms with Crippen molar-refractivity contribution in [1.29, 1.82) is 0 Å². The number of ether oxygens (including phenoxy) is 4. The van der Waals surface area contributed by atoms with Crippen LogP contribution in [0.2, 0.25) is 0 Å². The molecule has 0 atom stereocenters. The van der Waals surface area contributed by atoms with E-state index in [9.17, 15) is 0 Å². The molecule has 5 heterocycles. The van der Waals surface area contributed by atoms with E-state index in [-0.39, 0.29) is 16.8 Å². The van der Waals surface area contributed by atoms with E-state index < -0.39 is 0 Å². The first-order chi connectivity index (χ1) is 37.5. The molecule has 0 saturated heterocycles. The number of rotatable bonds is 28. The zero-order valence-electron chi connectivity index (χ0n) is 45.8. The molecule has 0 amide bonds. The minimum absolute atomic E-state index is 0. The molecule has 0 unspecified atom stereocenters. The van der Waals surface area contributed by atoms with Gasteiger partial charge in [0.1, 0.15) is 23.0 Å². The standard InChI is InChI=1S/C68H76N4O4.Co/c1-5-9-13-17-45-73-53-29-21-49(22-30-53)65-57-37-39-59(69-57)66(50-23-31-54(32-24-50)74-46-18-14-10-6-2)61-41-43-63(71-61)68(52-27-35-56(36-28-52)76-48-20-16-12-8-4)64-44-42-62(72-64)67(60-40-38-58(65)70-60)51-25-33-55(34-26-51)75-47-19-15-11-7-3;/h21-44H,5-20,45-48H2,1-4H3;/q-2;+2. The third-order valence-electron chi connectivity index (χ3n) is 14.2. The SMILES string of the molecule is CCCCCCOc1ccc(-c2c3nc(c(-c4ccc(OCCCCCC)cc4)c4ccc([n-]4)c(-c4ccc(OCCCCCC)cc4)c4nc(c(-c5ccc(OCCCCCC)cc5)c5ccc2[n-]5)C=C4)C=C3)cc1.[Co+2]. The minimum Gasteiger partial charge on any atom is -0.657 e. The Labute approximate surface area is 468 Å². The normalized spacial score (nSPS) is 11.7. The van der Waals surface area contributed by atoms with Crippen molar-refractivity contribution in [3.05, 3.63) is 144 Å². The van der Waals surface area contributed by atoms with E-state index in [0.717, 1.165) is 138 Å². The molecule has 0 saturated carbocycles. The predicted molar refractivity (Wildman–Crippen MR) is 317 cm³/mol. The Kier molecular flexibility index (Phi) is 21.3. The molecule has 7 aromatic rings. The van der Waals surface area contributed by atoms with Crippen molar-refractivity contribution in [3.8, 4) is 67.5 Å². The number of aromatic nitrogens is 4. The maximum atomic E-state index is 6.24. The van der Waals surface area contributed by atoms with Gasteiger partial charge in [0.15, 0.2) is 0 Å². The smallest absolute Gasteiger partial charge is 0.657 e. The quantitative estimate of drug-likeness (QED) is 0.0448. The summed E-state index contributed by atoms with van der Waals surface area (Å²) in [5.74, 6) is 3.40. The molecule has 0 N–H and O–H groups in total. The fourth-order valence-electron chi connectivity index (χ4n) is 10.0. The number of unbranched alkanes of at least 4 members (excludes halogenated alkanes) is 12. The van der Waals surface area contributed by atoms with Crippen LogP contribution in [0.4, 0.5) is 0 Å². The number of fused-ring (bicyclic) bond motifs is 8. The van der Waals surface area contributed by atoms with E-state index in [1.807, 2.05) is 0 Å². The average Bonchev–Trinajstić information content (AvgIpc) is 4.33. The summed E-state index contributed by atoms with van der Waals surface area (Å²) < 4.78 is 24.9. The molecule has 4 aromatic carbocycles. The third-order valence-corrected chi connectivity index (χ3v) is 14.2. The Hall–Kier alpha value is -6.81. The first-order valence-electron chi connectivity index (χ1n) is 28.5. The molecular weight excluding hydrogens is 996 g/mol. The van der Waals surface area contributed by atoms with Gasteiger partial charge in [0.25, 0.3) is 0 Å². The van der Waals surface area contributed by atoms with Gasteiger partial charge in [-0.2, -0.15) is 0 Å².